The van der Waals surface area contributed by atoms with Crippen molar-refractivity contribution in [3.63, 3.8) is 0 Å². The molecule has 1 aliphatic carbocycles. The molecule has 6 heteroatoms. The van der Waals surface area contributed by atoms with Gasteiger partial charge in [0, 0.05) is 35.2 Å². The molecule has 0 saturated heterocycles. The Bertz CT molecular complexity index is 573. The molecule has 112 valence electrons. The maximum Gasteiger partial charge on any atom is 0.154 e. The normalized spacial score (nSPS) is 29.4. The summed E-state index contributed by atoms with van der Waals surface area (Å²) in [6.45, 7) is 2.36. The maximum absolute atomic E-state index is 12.3. The van der Waals surface area contributed by atoms with E-state index in [0.717, 1.165) is 10.0 Å². The zero-order chi connectivity index (χ0) is 15.0. The van der Waals surface area contributed by atoms with Gasteiger partial charge in [0.15, 0.2) is 9.84 Å². The van der Waals surface area contributed by atoms with Crippen LogP contribution < -0.4 is 5.73 Å². The largest absolute Gasteiger partial charge is 0.384 e. The average molecular weight is 362 g/mol. The van der Waals surface area contributed by atoms with Crippen LogP contribution in [0.3, 0.4) is 0 Å². The molecule has 2 rings (SSSR count). The topological polar surface area (TPSA) is 69.4 Å². The fourth-order valence-electron chi connectivity index (χ4n) is 3.12. The fourth-order valence-corrected chi connectivity index (χ4v) is 5.53. The van der Waals surface area contributed by atoms with Crippen molar-refractivity contribution in [2.24, 2.45) is 11.1 Å². The van der Waals surface area contributed by atoms with Crippen molar-refractivity contribution in [2.45, 2.75) is 18.1 Å². The number of halogens is 1. The summed E-state index contributed by atoms with van der Waals surface area (Å²) in [7, 11) is -1.56. The molecule has 0 bridgehead atoms. The second kappa shape index (κ2) is 5.75. The molecular formula is C14H20BrNO3S. The number of hydrogen-bond acceptors (Lipinski definition) is 4. The minimum Gasteiger partial charge on any atom is -0.384 e. The van der Waals surface area contributed by atoms with E-state index in [1.165, 1.54) is 0 Å². The number of ether oxygens (including phenoxy) is 1. The Hall–Kier alpha value is -0.430. The zero-order valence-electron chi connectivity index (χ0n) is 11.7. The van der Waals surface area contributed by atoms with E-state index in [1.807, 2.05) is 24.3 Å². The number of rotatable bonds is 6. The molecule has 20 heavy (non-hydrogen) atoms. The first kappa shape index (κ1) is 15.9. The highest BCUT2D eigenvalue weighted by Gasteiger charge is 2.69. The molecule has 0 spiro atoms. The van der Waals surface area contributed by atoms with Crippen molar-refractivity contribution in [3.8, 4) is 0 Å². The Morgan fingerprint density at radius 1 is 1.35 bits per heavy atom. The second-order valence-corrected chi connectivity index (χ2v) is 8.60. The van der Waals surface area contributed by atoms with Crippen LogP contribution in [0.25, 0.3) is 0 Å². The molecule has 1 saturated carbocycles. The smallest absolute Gasteiger partial charge is 0.154 e. The van der Waals surface area contributed by atoms with E-state index < -0.39 is 20.5 Å². The second-order valence-electron chi connectivity index (χ2n) is 5.27. The van der Waals surface area contributed by atoms with Gasteiger partial charge in [-0.15, -0.1) is 0 Å². The van der Waals surface area contributed by atoms with Crippen LogP contribution in [0.4, 0.5) is 0 Å². The Balaban J connectivity index is 2.42. The molecule has 2 N–H and O–H groups in total. The van der Waals surface area contributed by atoms with Crippen molar-refractivity contribution >= 4 is 25.8 Å². The van der Waals surface area contributed by atoms with Gasteiger partial charge in [0.25, 0.3) is 0 Å². The quantitative estimate of drug-likeness (QED) is 0.840. The van der Waals surface area contributed by atoms with Gasteiger partial charge in [-0.3, -0.25) is 0 Å². The van der Waals surface area contributed by atoms with Crippen LogP contribution in [0.2, 0.25) is 0 Å². The van der Waals surface area contributed by atoms with Crippen LogP contribution in [0.5, 0.6) is 0 Å². The van der Waals surface area contributed by atoms with Crippen molar-refractivity contribution < 1.29 is 13.2 Å². The van der Waals surface area contributed by atoms with E-state index in [0.29, 0.717) is 13.2 Å². The van der Waals surface area contributed by atoms with Crippen molar-refractivity contribution in [1.82, 2.24) is 0 Å². The van der Waals surface area contributed by atoms with Gasteiger partial charge in [-0.2, -0.15) is 0 Å². The Labute approximate surface area is 128 Å². The van der Waals surface area contributed by atoms with Gasteiger partial charge in [-0.25, -0.2) is 8.42 Å². The standard InChI is InChI=1S/C14H20BrNO3S/c1-3-20(17,18)13-12(14(13,8-16)9-19-2)10-4-6-11(15)7-5-10/h4-7,12-13H,3,8-9,16H2,1-2H3/t12-,13+,14-/m1/s1. The van der Waals surface area contributed by atoms with E-state index in [4.69, 9.17) is 10.5 Å². The molecule has 1 aliphatic rings. The van der Waals surface area contributed by atoms with Crippen LogP contribution in [-0.2, 0) is 14.6 Å². The molecule has 0 radical (unpaired) electrons. The third-order valence-corrected chi connectivity index (χ3v) is 7.04. The van der Waals surface area contributed by atoms with E-state index in [-0.39, 0.29) is 11.7 Å². The summed E-state index contributed by atoms with van der Waals surface area (Å²) in [5.41, 5.74) is 6.42. The summed E-state index contributed by atoms with van der Waals surface area (Å²) in [4.78, 5) is 0. The molecule has 3 atom stereocenters. The Morgan fingerprint density at radius 3 is 2.40 bits per heavy atom. The average Bonchev–Trinajstić information content (AvgIpc) is 3.10. The van der Waals surface area contributed by atoms with Crippen LogP contribution in [0.15, 0.2) is 28.7 Å². The van der Waals surface area contributed by atoms with Gasteiger partial charge in [0.05, 0.1) is 11.9 Å². The molecule has 4 nitrogen and oxygen atoms in total. The molecule has 1 aromatic carbocycles. The molecule has 0 unspecified atom stereocenters. The molecular weight excluding hydrogens is 342 g/mol. The first-order valence-corrected chi connectivity index (χ1v) is 9.10. The van der Waals surface area contributed by atoms with Crippen LogP contribution >= 0.6 is 15.9 Å². The summed E-state index contributed by atoms with van der Waals surface area (Å²) >= 11 is 3.39. The Kier molecular flexibility index (Phi) is 4.59. The van der Waals surface area contributed by atoms with Gasteiger partial charge < -0.3 is 10.5 Å². The molecule has 0 amide bonds. The van der Waals surface area contributed by atoms with Gasteiger partial charge in [-0.05, 0) is 17.7 Å². The monoisotopic (exact) mass is 361 g/mol. The highest BCUT2D eigenvalue weighted by molar-refractivity contribution is 9.10. The highest BCUT2D eigenvalue weighted by Crippen LogP contribution is 2.62. The third-order valence-electron chi connectivity index (χ3n) is 4.19. The summed E-state index contributed by atoms with van der Waals surface area (Å²) in [6, 6.07) is 7.77. The summed E-state index contributed by atoms with van der Waals surface area (Å²) in [6.07, 6.45) is 0. The lowest BCUT2D eigenvalue weighted by atomic mass is 10.0. The lowest BCUT2D eigenvalue weighted by Gasteiger charge is -2.14. The number of methoxy groups -OCH3 is 1. The predicted molar refractivity (Wildman–Crippen MR) is 83.5 cm³/mol. The molecule has 0 aliphatic heterocycles. The van der Waals surface area contributed by atoms with Crippen LogP contribution in [0.1, 0.15) is 18.4 Å². The van der Waals surface area contributed by atoms with Gasteiger partial charge >= 0.3 is 0 Å². The van der Waals surface area contributed by atoms with Crippen molar-refractivity contribution in [1.29, 1.82) is 0 Å². The fraction of sp³-hybridized carbons (Fsp3) is 0.571. The lowest BCUT2D eigenvalue weighted by Crippen LogP contribution is -2.28. The number of nitrogens with two attached hydrogens (primary N) is 1. The van der Waals surface area contributed by atoms with Crippen molar-refractivity contribution in [2.75, 3.05) is 26.0 Å². The van der Waals surface area contributed by atoms with E-state index in [1.54, 1.807) is 14.0 Å². The predicted octanol–water partition coefficient (Wildman–Crippen LogP) is 1.94. The van der Waals surface area contributed by atoms with E-state index in [2.05, 4.69) is 15.9 Å². The van der Waals surface area contributed by atoms with Crippen molar-refractivity contribution in [3.05, 3.63) is 34.3 Å². The third kappa shape index (κ3) is 2.54. The summed E-state index contributed by atoms with van der Waals surface area (Å²) in [5.74, 6) is 0.0568. The summed E-state index contributed by atoms with van der Waals surface area (Å²) in [5, 5.41) is -0.439. The van der Waals surface area contributed by atoms with Crippen LogP contribution in [0, 0.1) is 5.41 Å². The minimum atomic E-state index is -3.15. The zero-order valence-corrected chi connectivity index (χ0v) is 14.1. The van der Waals surface area contributed by atoms with E-state index >= 15 is 0 Å². The minimum absolute atomic E-state index is 0.0782. The van der Waals surface area contributed by atoms with Gasteiger partial charge in [-0.1, -0.05) is 35.0 Å². The van der Waals surface area contributed by atoms with Gasteiger partial charge in [0.2, 0.25) is 0 Å². The van der Waals surface area contributed by atoms with Crippen LogP contribution in [-0.4, -0.2) is 39.7 Å². The molecule has 0 aromatic heterocycles. The van der Waals surface area contributed by atoms with Gasteiger partial charge in [0.1, 0.15) is 0 Å². The Morgan fingerprint density at radius 2 is 1.95 bits per heavy atom. The number of hydrogen-bond donors (Lipinski definition) is 1. The summed E-state index contributed by atoms with van der Waals surface area (Å²) < 4.78 is 30.9. The molecule has 1 aromatic rings. The highest BCUT2D eigenvalue weighted by atomic mass is 79.9. The maximum atomic E-state index is 12.3. The molecule has 1 fully saturated rings. The van der Waals surface area contributed by atoms with E-state index in [9.17, 15) is 8.42 Å². The number of benzene rings is 1. The SMILES string of the molecule is CCS(=O)(=O)[C@H]1[C@@H](c2ccc(Br)cc2)[C@@]1(CN)COC. The lowest BCUT2D eigenvalue weighted by molar-refractivity contribution is 0.142. The number of sulfone groups is 1. The molecule has 0 heterocycles. The first-order valence-electron chi connectivity index (χ1n) is 6.59. The first-order chi connectivity index (χ1) is 9.43.